The molecule has 0 aliphatic rings. The van der Waals surface area contributed by atoms with Crippen molar-refractivity contribution in [3.05, 3.63) is 152 Å². The highest BCUT2D eigenvalue weighted by molar-refractivity contribution is 7.27. The van der Waals surface area contributed by atoms with Crippen LogP contribution in [0.15, 0.2) is 156 Å². The van der Waals surface area contributed by atoms with Crippen LogP contribution >= 0.6 is 11.3 Å². The summed E-state index contributed by atoms with van der Waals surface area (Å²) in [5, 5.41) is 8.25. The Morgan fingerprint density at radius 3 is 2.12 bits per heavy atom. The Balaban J connectivity index is 1.17. The molecular weight excluding hydrogens is 619 g/mol. The van der Waals surface area contributed by atoms with Gasteiger partial charge in [-0.1, -0.05) is 97.1 Å². The highest BCUT2D eigenvalue weighted by Crippen LogP contribution is 2.46. The quantitative estimate of drug-likeness (QED) is 0.192. The lowest BCUT2D eigenvalue weighted by molar-refractivity contribution is 0.669. The molecule has 0 atom stereocenters. The maximum absolute atomic E-state index is 6.28. The number of hydrogen-bond donors (Lipinski definition) is 0. The van der Waals surface area contributed by atoms with Crippen LogP contribution in [0.1, 0.15) is 0 Å². The molecule has 4 nitrogen and oxygen atoms in total. The average Bonchev–Trinajstić information content (AvgIpc) is 3.84. The number of para-hydroxylation sites is 4. The Morgan fingerprint density at radius 1 is 0.490 bits per heavy atom. The first kappa shape index (κ1) is 26.7. The van der Waals surface area contributed by atoms with Crippen molar-refractivity contribution in [3.8, 4) is 28.3 Å². The molecule has 4 heterocycles. The van der Waals surface area contributed by atoms with E-state index in [0.717, 1.165) is 61.2 Å². The van der Waals surface area contributed by atoms with E-state index in [2.05, 4.69) is 138 Å². The van der Waals surface area contributed by atoms with E-state index in [0.29, 0.717) is 0 Å². The van der Waals surface area contributed by atoms with Gasteiger partial charge in [0, 0.05) is 63.9 Å². The molecular formula is C44H25N3OS. The Labute approximate surface area is 284 Å². The van der Waals surface area contributed by atoms with E-state index in [1.54, 1.807) is 0 Å². The molecule has 49 heavy (non-hydrogen) atoms. The minimum atomic E-state index is 0.721. The highest BCUT2D eigenvalue weighted by atomic mass is 32.1. The Morgan fingerprint density at radius 2 is 1.20 bits per heavy atom. The van der Waals surface area contributed by atoms with Crippen molar-refractivity contribution in [2.75, 3.05) is 0 Å². The predicted octanol–water partition coefficient (Wildman–Crippen LogP) is 12.3. The molecule has 0 saturated heterocycles. The van der Waals surface area contributed by atoms with E-state index in [1.807, 2.05) is 29.5 Å². The fourth-order valence-electron chi connectivity index (χ4n) is 7.63. The van der Waals surface area contributed by atoms with Crippen LogP contribution in [0.5, 0.6) is 0 Å². The molecule has 0 spiro atoms. The number of nitrogens with zero attached hydrogens (tertiary/aromatic N) is 3. The van der Waals surface area contributed by atoms with Crippen LogP contribution in [-0.4, -0.2) is 14.5 Å². The van der Waals surface area contributed by atoms with E-state index in [9.17, 15) is 0 Å². The van der Waals surface area contributed by atoms with Gasteiger partial charge in [0.1, 0.15) is 11.2 Å². The van der Waals surface area contributed by atoms with Crippen LogP contribution in [0.2, 0.25) is 0 Å². The topological polar surface area (TPSA) is 43.9 Å². The third kappa shape index (κ3) is 3.85. The summed E-state index contributed by atoms with van der Waals surface area (Å²) in [6, 6.07) is 53.4. The molecule has 0 amide bonds. The van der Waals surface area contributed by atoms with Crippen molar-refractivity contribution in [1.29, 1.82) is 0 Å². The third-order valence-corrected chi connectivity index (χ3v) is 11.1. The summed E-state index contributed by atoms with van der Waals surface area (Å²) in [4.78, 5) is 10.5. The molecule has 0 N–H and O–H groups in total. The number of hydrogen-bond acceptors (Lipinski definition) is 4. The van der Waals surface area contributed by atoms with Crippen LogP contribution in [-0.2, 0) is 0 Å². The van der Waals surface area contributed by atoms with Crippen molar-refractivity contribution < 1.29 is 4.42 Å². The molecule has 0 unspecified atom stereocenters. The number of furan rings is 1. The predicted molar refractivity (Wildman–Crippen MR) is 205 cm³/mol. The van der Waals surface area contributed by atoms with Crippen LogP contribution in [0.25, 0.3) is 103 Å². The first-order valence-corrected chi connectivity index (χ1v) is 17.2. The summed E-state index contributed by atoms with van der Waals surface area (Å²) in [6.07, 6.45) is 0. The SMILES string of the molecule is c1ccc(-n2c3ccccc3c3c4sc5c(-c6nc(-c7ccc8c(c7)oc7ccccc78)c7ccccc7n6)cccc5c4ccc32)cc1. The summed E-state index contributed by atoms with van der Waals surface area (Å²) in [5.74, 6) is 0.721. The third-order valence-electron chi connectivity index (χ3n) is 9.81. The van der Waals surface area contributed by atoms with Gasteiger partial charge < -0.3 is 8.98 Å². The van der Waals surface area contributed by atoms with Crippen LogP contribution in [0.4, 0.5) is 0 Å². The molecule has 0 bridgehead atoms. The van der Waals surface area contributed by atoms with E-state index < -0.39 is 0 Å². The van der Waals surface area contributed by atoms with Crippen molar-refractivity contribution in [2.45, 2.75) is 0 Å². The molecule has 5 heteroatoms. The van der Waals surface area contributed by atoms with Crippen LogP contribution in [0.3, 0.4) is 0 Å². The second-order valence-electron chi connectivity index (χ2n) is 12.5. The minimum absolute atomic E-state index is 0.721. The van der Waals surface area contributed by atoms with Gasteiger partial charge in [0.2, 0.25) is 0 Å². The van der Waals surface area contributed by atoms with Crippen molar-refractivity contribution in [2.24, 2.45) is 0 Å². The summed E-state index contributed by atoms with van der Waals surface area (Å²) in [6.45, 7) is 0. The van der Waals surface area contributed by atoms with Crippen molar-refractivity contribution in [1.82, 2.24) is 14.5 Å². The zero-order valence-electron chi connectivity index (χ0n) is 26.1. The van der Waals surface area contributed by atoms with Gasteiger partial charge in [-0.05, 0) is 54.6 Å². The summed E-state index contributed by atoms with van der Waals surface area (Å²) < 4.78 is 11.1. The first-order chi connectivity index (χ1) is 24.3. The standard InChI is InChI=1S/C44H25N3OS/c1-2-11-27(12-3-1)47-36-19-8-5-15-33(36)40-37(47)24-23-31-30-16-10-17-34(42(30)49-43(31)40)44-45-35-18-7-4-14-32(35)41(46-44)26-21-22-29-28-13-6-9-20-38(28)48-39(29)25-26/h1-25H. The number of fused-ring (bicyclic) bond motifs is 11. The number of benzene rings is 7. The second-order valence-corrected chi connectivity index (χ2v) is 13.6. The largest absolute Gasteiger partial charge is 0.456 e. The molecule has 11 aromatic rings. The van der Waals surface area contributed by atoms with Gasteiger partial charge in [-0.25, -0.2) is 9.97 Å². The zero-order valence-corrected chi connectivity index (χ0v) is 26.9. The van der Waals surface area contributed by atoms with Gasteiger partial charge in [0.15, 0.2) is 5.82 Å². The maximum Gasteiger partial charge on any atom is 0.161 e. The van der Waals surface area contributed by atoms with E-state index >= 15 is 0 Å². The lowest BCUT2D eigenvalue weighted by Crippen LogP contribution is -1.95. The summed E-state index contributed by atoms with van der Waals surface area (Å²) in [7, 11) is 0. The molecule has 0 aliphatic heterocycles. The molecule has 0 fully saturated rings. The summed E-state index contributed by atoms with van der Waals surface area (Å²) >= 11 is 1.84. The monoisotopic (exact) mass is 643 g/mol. The van der Waals surface area contributed by atoms with Gasteiger partial charge in [-0.2, -0.15) is 0 Å². The van der Waals surface area contributed by atoms with E-state index in [-0.39, 0.29) is 0 Å². The number of aromatic nitrogens is 3. The smallest absolute Gasteiger partial charge is 0.161 e. The molecule has 0 saturated carbocycles. The van der Waals surface area contributed by atoms with Gasteiger partial charge in [0.25, 0.3) is 0 Å². The normalized spacial score (nSPS) is 12.1. The zero-order chi connectivity index (χ0) is 32.1. The van der Waals surface area contributed by atoms with E-state index in [1.165, 1.54) is 42.0 Å². The van der Waals surface area contributed by atoms with Gasteiger partial charge in [0.05, 0.1) is 22.2 Å². The number of thiophene rings is 1. The van der Waals surface area contributed by atoms with Gasteiger partial charge in [-0.3, -0.25) is 0 Å². The molecule has 4 aromatic heterocycles. The molecule has 0 aliphatic carbocycles. The van der Waals surface area contributed by atoms with Crippen molar-refractivity contribution in [3.63, 3.8) is 0 Å². The number of rotatable bonds is 3. The molecule has 11 rings (SSSR count). The molecule has 7 aromatic carbocycles. The fourth-order valence-corrected chi connectivity index (χ4v) is 9.00. The Bertz CT molecular complexity index is 3110. The molecule has 0 radical (unpaired) electrons. The lowest BCUT2D eigenvalue weighted by atomic mass is 10.0. The lowest BCUT2D eigenvalue weighted by Gasteiger charge is -2.10. The summed E-state index contributed by atoms with van der Waals surface area (Å²) in [5.41, 5.74) is 9.17. The minimum Gasteiger partial charge on any atom is -0.456 e. The Hall–Kier alpha value is -6.30. The Kier molecular flexibility index (Phi) is 5.51. The second kappa shape index (κ2) is 10.1. The van der Waals surface area contributed by atoms with Gasteiger partial charge >= 0.3 is 0 Å². The highest BCUT2D eigenvalue weighted by Gasteiger charge is 2.20. The molecule has 228 valence electrons. The average molecular weight is 644 g/mol. The maximum atomic E-state index is 6.28. The van der Waals surface area contributed by atoms with Crippen LogP contribution < -0.4 is 0 Å². The van der Waals surface area contributed by atoms with Crippen molar-refractivity contribution >= 4 is 86.2 Å². The first-order valence-electron chi connectivity index (χ1n) is 16.4. The van der Waals surface area contributed by atoms with Crippen LogP contribution in [0, 0.1) is 0 Å². The van der Waals surface area contributed by atoms with E-state index in [4.69, 9.17) is 14.4 Å². The fraction of sp³-hybridized carbons (Fsp3) is 0. The van der Waals surface area contributed by atoms with Gasteiger partial charge in [-0.15, -0.1) is 11.3 Å².